The standard InChI is InChI=1S/C9H16O2/c1-7(2)6-9(8(10)11)4-3-5-9/h7H,3-6H2,1-2H3,(H,10,11). The van der Waals surface area contributed by atoms with Gasteiger partial charge in [-0.15, -0.1) is 0 Å². The predicted octanol–water partition coefficient (Wildman–Crippen LogP) is 2.29. The molecule has 0 aromatic carbocycles. The van der Waals surface area contributed by atoms with Gasteiger partial charge in [0.1, 0.15) is 0 Å². The van der Waals surface area contributed by atoms with E-state index in [0.717, 1.165) is 25.7 Å². The topological polar surface area (TPSA) is 37.3 Å². The molecule has 1 N–H and O–H groups in total. The van der Waals surface area contributed by atoms with Gasteiger partial charge in [0.15, 0.2) is 0 Å². The van der Waals surface area contributed by atoms with E-state index in [1.54, 1.807) is 0 Å². The Morgan fingerprint density at radius 2 is 2.09 bits per heavy atom. The lowest BCUT2D eigenvalue weighted by molar-refractivity contribution is -0.155. The first-order valence-electron chi connectivity index (χ1n) is 4.30. The molecular formula is C9H16O2. The molecule has 1 aliphatic rings. The lowest BCUT2D eigenvalue weighted by Gasteiger charge is -2.38. The second-order valence-electron chi connectivity index (χ2n) is 4.04. The lowest BCUT2D eigenvalue weighted by atomic mass is 9.65. The predicted molar refractivity (Wildman–Crippen MR) is 43.4 cm³/mol. The third-order valence-corrected chi connectivity index (χ3v) is 2.56. The van der Waals surface area contributed by atoms with E-state index in [1.807, 2.05) is 0 Å². The van der Waals surface area contributed by atoms with Crippen molar-refractivity contribution in [2.24, 2.45) is 11.3 Å². The van der Waals surface area contributed by atoms with Crippen LogP contribution in [0.1, 0.15) is 39.5 Å². The van der Waals surface area contributed by atoms with Crippen molar-refractivity contribution < 1.29 is 9.90 Å². The van der Waals surface area contributed by atoms with Crippen molar-refractivity contribution in [3.63, 3.8) is 0 Å². The number of aliphatic carboxylic acids is 1. The van der Waals surface area contributed by atoms with Crippen molar-refractivity contribution in [1.82, 2.24) is 0 Å². The van der Waals surface area contributed by atoms with Gasteiger partial charge in [-0.3, -0.25) is 4.79 Å². The van der Waals surface area contributed by atoms with Crippen molar-refractivity contribution >= 4 is 5.97 Å². The fourth-order valence-corrected chi connectivity index (χ4v) is 1.89. The van der Waals surface area contributed by atoms with Crippen molar-refractivity contribution in [3.8, 4) is 0 Å². The highest BCUT2D eigenvalue weighted by Crippen LogP contribution is 2.45. The molecule has 2 nitrogen and oxygen atoms in total. The average molecular weight is 156 g/mol. The summed E-state index contributed by atoms with van der Waals surface area (Å²) in [5, 5.41) is 8.93. The smallest absolute Gasteiger partial charge is 0.309 e. The lowest BCUT2D eigenvalue weighted by Crippen LogP contribution is -2.38. The van der Waals surface area contributed by atoms with E-state index in [-0.39, 0.29) is 5.41 Å². The Hall–Kier alpha value is -0.530. The minimum absolute atomic E-state index is 0.339. The van der Waals surface area contributed by atoms with Gasteiger partial charge in [0.25, 0.3) is 0 Å². The molecule has 0 heterocycles. The minimum Gasteiger partial charge on any atom is -0.481 e. The van der Waals surface area contributed by atoms with Crippen LogP contribution in [-0.2, 0) is 4.79 Å². The van der Waals surface area contributed by atoms with Crippen molar-refractivity contribution in [2.75, 3.05) is 0 Å². The SMILES string of the molecule is CC(C)CC1(C(=O)O)CCC1. The fourth-order valence-electron chi connectivity index (χ4n) is 1.89. The maximum absolute atomic E-state index is 10.8. The maximum atomic E-state index is 10.8. The largest absolute Gasteiger partial charge is 0.481 e. The Morgan fingerprint density at radius 1 is 1.55 bits per heavy atom. The van der Waals surface area contributed by atoms with Crippen LogP contribution in [0, 0.1) is 11.3 Å². The second kappa shape index (κ2) is 2.84. The molecule has 0 spiro atoms. The van der Waals surface area contributed by atoms with Gasteiger partial charge in [-0.05, 0) is 25.2 Å². The molecule has 1 saturated carbocycles. The first-order valence-corrected chi connectivity index (χ1v) is 4.30. The molecule has 0 aromatic heterocycles. The first kappa shape index (κ1) is 8.57. The fraction of sp³-hybridized carbons (Fsp3) is 0.889. The van der Waals surface area contributed by atoms with Crippen LogP contribution in [0.3, 0.4) is 0 Å². The molecule has 0 bridgehead atoms. The highest BCUT2D eigenvalue weighted by atomic mass is 16.4. The van der Waals surface area contributed by atoms with Crippen LogP contribution >= 0.6 is 0 Å². The summed E-state index contributed by atoms with van der Waals surface area (Å²) >= 11 is 0. The Morgan fingerprint density at radius 3 is 2.18 bits per heavy atom. The van der Waals surface area contributed by atoms with Crippen LogP contribution in [0.15, 0.2) is 0 Å². The molecule has 0 amide bonds. The van der Waals surface area contributed by atoms with E-state index in [1.165, 1.54) is 0 Å². The van der Waals surface area contributed by atoms with Gasteiger partial charge in [-0.25, -0.2) is 0 Å². The van der Waals surface area contributed by atoms with Gasteiger partial charge in [0, 0.05) is 0 Å². The van der Waals surface area contributed by atoms with E-state index in [2.05, 4.69) is 13.8 Å². The number of rotatable bonds is 3. The summed E-state index contributed by atoms with van der Waals surface area (Å²) in [7, 11) is 0. The molecule has 0 atom stereocenters. The molecule has 1 fully saturated rings. The van der Waals surface area contributed by atoms with Crippen LogP contribution in [0.4, 0.5) is 0 Å². The second-order valence-corrected chi connectivity index (χ2v) is 4.04. The van der Waals surface area contributed by atoms with Gasteiger partial charge >= 0.3 is 5.97 Å². The van der Waals surface area contributed by atoms with E-state index in [9.17, 15) is 4.79 Å². The normalized spacial score (nSPS) is 21.4. The average Bonchev–Trinajstić information content (AvgIpc) is 1.77. The molecule has 11 heavy (non-hydrogen) atoms. The van der Waals surface area contributed by atoms with Crippen LogP contribution in [0.2, 0.25) is 0 Å². The molecule has 64 valence electrons. The van der Waals surface area contributed by atoms with Gasteiger partial charge < -0.3 is 5.11 Å². The van der Waals surface area contributed by atoms with E-state index < -0.39 is 5.97 Å². The highest BCUT2D eigenvalue weighted by molar-refractivity contribution is 5.75. The Kier molecular flexibility index (Phi) is 2.21. The Bertz CT molecular complexity index is 157. The number of carbonyl (C=O) groups is 1. The molecule has 0 saturated heterocycles. The van der Waals surface area contributed by atoms with Crippen molar-refractivity contribution in [2.45, 2.75) is 39.5 Å². The van der Waals surface area contributed by atoms with Crippen LogP contribution in [0.25, 0.3) is 0 Å². The van der Waals surface area contributed by atoms with Gasteiger partial charge in [0.2, 0.25) is 0 Å². The molecule has 0 radical (unpaired) electrons. The summed E-state index contributed by atoms with van der Waals surface area (Å²) < 4.78 is 0. The van der Waals surface area contributed by atoms with E-state index in [0.29, 0.717) is 5.92 Å². The molecule has 0 aliphatic heterocycles. The van der Waals surface area contributed by atoms with Crippen molar-refractivity contribution in [1.29, 1.82) is 0 Å². The Labute approximate surface area is 67.6 Å². The molecular weight excluding hydrogens is 140 g/mol. The third-order valence-electron chi connectivity index (χ3n) is 2.56. The quantitative estimate of drug-likeness (QED) is 0.680. The molecule has 1 aliphatic carbocycles. The summed E-state index contributed by atoms with van der Waals surface area (Å²) in [4.78, 5) is 10.8. The minimum atomic E-state index is -0.586. The summed E-state index contributed by atoms with van der Waals surface area (Å²) in [6.45, 7) is 4.17. The summed E-state index contributed by atoms with van der Waals surface area (Å²) in [6, 6.07) is 0. The van der Waals surface area contributed by atoms with Gasteiger partial charge in [-0.2, -0.15) is 0 Å². The van der Waals surface area contributed by atoms with Crippen LogP contribution < -0.4 is 0 Å². The molecule has 0 aromatic rings. The zero-order valence-electron chi connectivity index (χ0n) is 7.26. The summed E-state index contributed by atoms with van der Waals surface area (Å²) in [6.07, 6.45) is 3.72. The Balaban J connectivity index is 2.54. The highest BCUT2D eigenvalue weighted by Gasteiger charge is 2.44. The molecule has 1 rings (SSSR count). The van der Waals surface area contributed by atoms with Crippen LogP contribution in [-0.4, -0.2) is 11.1 Å². The first-order chi connectivity index (χ1) is 5.07. The third kappa shape index (κ3) is 1.55. The van der Waals surface area contributed by atoms with Gasteiger partial charge in [0.05, 0.1) is 5.41 Å². The molecule has 2 heteroatoms. The van der Waals surface area contributed by atoms with Crippen molar-refractivity contribution in [3.05, 3.63) is 0 Å². The zero-order chi connectivity index (χ0) is 8.48. The maximum Gasteiger partial charge on any atom is 0.309 e. The summed E-state index contributed by atoms with van der Waals surface area (Å²) in [5.74, 6) is -0.0798. The van der Waals surface area contributed by atoms with Crippen LogP contribution in [0.5, 0.6) is 0 Å². The summed E-state index contributed by atoms with van der Waals surface area (Å²) in [5.41, 5.74) is -0.339. The monoisotopic (exact) mass is 156 g/mol. The number of carboxylic acids is 1. The number of hydrogen-bond donors (Lipinski definition) is 1. The van der Waals surface area contributed by atoms with E-state index >= 15 is 0 Å². The zero-order valence-corrected chi connectivity index (χ0v) is 7.26. The number of hydrogen-bond acceptors (Lipinski definition) is 1. The molecule has 0 unspecified atom stereocenters. The van der Waals surface area contributed by atoms with E-state index in [4.69, 9.17) is 5.11 Å². The number of carboxylic acid groups (broad SMARTS) is 1. The van der Waals surface area contributed by atoms with Gasteiger partial charge in [-0.1, -0.05) is 20.3 Å².